The molecule has 7 nitrogen and oxygen atoms in total. The van der Waals surface area contributed by atoms with Crippen LogP contribution in [-0.2, 0) is 0 Å². The quantitative estimate of drug-likeness (QED) is 0.655. The first-order valence-electron chi connectivity index (χ1n) is 5.70. The molecule has 0 aliphatic rings. The average molecular weight is 273 g/mol. The van der Waals surface area contributed by atoms with E-state index in [9.17, 15) is 14.9 Å². The van der Waals surface area contributed by atoms with Crippen LogP contribution in [0.3, 0.4) is 0 Å². The lowest BCUT2D eigenvalue weighted by Crippen LogP contribution is -2.05. The highest BCUT2D eigenvalue weighted by Gasteiger charge is 2.16. The van der Waals surface area contributed by atoms with Crippen LogP contribution in [0.25, 0.3) is 0 Å². The number of carbonyl (C=O) groups is 1. The zero-order valence-electron chi connectivity index (χ0n) is 10.5. The van der Waals surface area contributed by atoms with Gasteiger partial charge in [-0.05, 0) is 25.1 Å². The molecule has 1 aromatic carbocycles. The van der Waals surface area contributed by atoms with Gasteiger partial charge in [-0.3, -0.25) is 10.1 Å². The summed E-state index contributed by atoms with van der Waals surface area (Å²) in [6.45, 7) is 1.59. The van der Waals surface area contributed by atoms with Crippen molar-refractivity contribution in [1.29, 1.82) is 0 Å². The monoisotopic (exact) mass is 273 g/mol. The molecule has 0 saturated heterocycles. The van der Waals surface area contributed by atoms with Crippen LogP contribution in [0, 0.1) is 17.0 Å². The molecule has 0 atom stereocenters. The van der Waals surface area contributed by atoms with Crippen LogP contribution in [0.5, 0.6) is 0 Å². The van der Waals surface area contributed by atoms with Gasteiger partial charge in [-0.25, -0.2) is 9.78 Å². The van der Waals surface area contributed by atoms with Gasteiger partial charge < -0.3 is 10.4 Å². The Morgan fingerprint density at radius 1 is 1.35 bits per heavy atom. The van der Waals surface area contributed by atoms with Crippen molar-refractivity contribution in [2.75, 3.05) is 5.32 Å². The summed E-state index contributed by atoms with van der Waals surface area (Å²) in [6.07, 6.45) is 1.45. The molecule has 1 aromatic heterocycles. The molecule has 20 heavy (non-hydrogen) atoms. The van der Waals surface area contributed by atoms with Crippen molar-refractivity contribution in [1.82, 2.24) is 4.98 Å². The number of nitrogens with zero attached hydrogens (tertiary/aromatic N) is 2. The summed E-state index contributed by atoms with van der Waals surface area (Å²) in [6, 6.07) is 7.45. The standard InChI is InChI=1S/C13H11N3O4/c1-8-10(5-2-6-11(8)16(19)20)15-12-9(13(17)18)4-3-7-14-12/h2-7H,1H3,(H,14,15)(H,17,18). The number of rotatable bonds is 4. The first-order chi connectivity index (χ1) is 9.50. The lowest BCUT2D eigenvalue weighted by Gasteiger charge is -2.10. The minimum absolute atomic E-state index is 0.00148. The number of nitro groups is 1. The molecule has 0 fully saturated rings. The Kier molecular flexibility index (Phi) is 3.60. The minimum Gasteiger partial charge on any atom is -0.478 e. The van der Waals surface area contributed by atoms with Crippen molar-refractivity contribution < 1.29 is 14.8 Å². The van der Waals surface area contributed by atoms with Gasteiger partial charge in [0.2, 0.25) is 0 Å². The Morgan fingerprint density at radius 2 is 2.10 bits per heavy atom. The smallest absolute Gasteiger partial charge is 0.339 e. The van der Waals surface area contributed by atoms with E-state index >= 15 is 0 Å². The van der Waals surface area contributed by atoms with Gasteiger partial charge in [0, 0.05) is 18.0 Å². The number of nitrogens with one attached hydrogen (secondary N) is 1. The fourth-order valence-electron chi connectivity index (χ4n) is 1.76. The Hall–Kier alpha value is -2.96. The third kappa shape index (κ3) is 2.56. The van der Waals surface area contributed by atoms with E-state index in [1.807, 2.05) is 0 Å². The zero-order valence-corrected chi connectivity index (χ0v) is 10.5. The van der Waals surface area contributed by atoms with Crippen LogP contribution < -0.4 is 5.32 Å². The highest BCUT2D eigenvalue weighted by atomic mass is 16.6. The molecule has 0 amide bonds. The van der Waals surface area contributed by atoms with Crippen LogP contribution in [-0.4, -0.2) is 21.0 Å². The molecular weight excluding hydrogens is 262 g/mol. The third-order valence-corrected chi connectivity index (χ3v) is 2.79. The second kappa shape index (κ2) is 5.35. The predicted octanol–water partition coefficient (Wildman–Crippen LogP) is 2.74. The van der Waals surface area contributed by atoms with Gasteiger partial charge in [0.15, 0.2) is 0 Å². The number of carboxylic acids is 1. The SMILES string of the molecule is Cc1c(Nc2ncccc2C(=O)O)cccc1[N+](=O)[O-]. The number of benzene rings is 1. The Morgan fingerprint density at radius 3 is 2.75 bits per heavy atom. The topological polar surface area (TPSA) is 105 Å². The molecule has 1 heterocycles. The number of hydrogen-bond acceptors (Lipinski definition) is 5. The normalized spacial score (nSPS) is 10.1. The average Bonchev–Trinajstić information content (AvgIpc) is 2.41. The zero-order chi connectivity index (χ0) is 14.7. The number of aromatic nitrogens is 1. The summed E-state index contributed by atoms with van der Waals surface area (Å²) in [5.74, 6) is -0.979. The number of hydrogen-bond donors (Lipinski definition) is 2. The van der Waals surface area contributed by atoms with E-state index < -0.39 is 10.9 Å². The van der Waals surface area contributed by atoms with E-state index in [4.69, 9.17) is 5.11 Å². The summed E-state index contributed by atoms with van der Waals surface area (Å²) >= 11 is 0. The van der Waals surface area contributed by atoms with Crippen LogP contribution >= 0.6 is 0 Å². The summed E-state index contributed by atoms with van der Waals surface area (Å²) in [5, 5.41) is 22.8. The van der Waals surface area contributed by atoms with Crippen LogP contribution in [0.4, 0.5) is 17.2 Å². The maximum Gasteiger partial charge on any atom is 0.339 e. The van der Waals surface area contributed by atoms with E-state index in [1.54, 1.807) is 13.0 Å². The van der Waals surface area contributed by atoms with E-state index in [-0.39, 0.29) is 17.1 Å². The molecular formula is C13H11N3O4. The molecule has 2 N–H and O–H groups in total. The molecule has 2 aromatic rings. The molecule has 0 radical (unpaired) electrons. The number of aromatic carboxylic acids is 1. The first kappa shape index (κ1) is 13.5. The molecule has 2 rings (SSSR count). The first-order valence-corrected chi connectivity index (χ1v) is 5.70. The Bertz CT molecular complexity index is 685. The van der Waals surface area contributed by atoms with Gasteiger partial charge in [0.05, 0.1) is 10.5 Å². The second-order valence-corrected chi connectivity index (χ2v) is 4.04. The lowest BCUT2D eigenvalue weighted by atomic mass is 10.1. The number of pyridine rings is 1. The number of anilines is 2. The van der Waals surface area contributed by atoms with E-state index in [0.717, 1.165) is 0 Å². The van der Waals surface area contributed by atoms with E-state index in [1.165, 1.54) is 30.5 Å². The third-order valence-electron chi connectivity index (χ3n) is 2.79. The summed E-state index contributed by atoms with van der Waals surface area (Å²) in [7, 11) is 0. The van der Waals surface area contributed by atoms with E-state index in [0.29, 0.717) is 11.3 Å². The highest BCUT2D eigenvalue weighted by molar-refractivity contribution is 5.94. The van der Waals surface area contributed by atoms with Crippen LogP contribution in [0.15, 0.2) is 36.5 Å². The van der Waals surface area contributed by atoms with Gasteiger partial charge in [0.25, 0.3) is 5.69 Å². The summed E-state index contributed by atoms with van der Waals surface area (Å²) < 4.78 is 0. The van der Waals surface area contributed by atoms with Crippen molar-refractivity contribution in [3.63, 3.8) is 0 Å². The fourth-order valence-corrected chi connectivity index (χ4v) is 1.76. The van der Waals surface area contributed by atoms with Crippen molar-refractivity contribution in [2.24, 2.45) is 0 Å². The molecule has 102 valence electrons. The molecule has 0 aliphatic heterocycles. The van der Waals surface area contributed by atoms with Gasteiger partial charge in [-0.15, -0.1) is 0 Å². The fraction of sp³-hybridized carbons (Fsp3) is 0.0769. The molecule has 7 heteroatoms. The maximum absolute atomic E-state index is 11.1. The molecule has 0 spiro atoms. The van der Waals surface area contributed by atoms with Crippen LogP contribution in [0.1, 0.15) is 15.9 Å². The van der Waals surface area contributed by atoms with Gasteiger partial charge in [0.1, 0.15) is 11.4 Å². The highest BCUT2D eigenvalue weighted by Crippen LogP contribution is 2.28. The number of carboxylic acid groups (broad SMARTS) is 1. The largest absolute Gasteiger partial charge is 0.478 e. The Balaban J connectivity index is 2.43. The number of nitro benzene ring substituents is 1. The molecule has 0 saturated carbocycles. The van der Waals surface area contributed by atoms with Gasteiger partial charge >= 0.3 is 5.97 Å². The lowest BCUT2D eigenvalue weighted by molar-refractivity contribution is -0.385. The molecule has 0 unspecified atom stereocenters. The minimum atomic E-state index is -1.12. The van der Waals surface area contributed by atoms with Gasteiger partial charge in [-0.1, -0.05) is 6.07 Å². The molecule has 0 aliphatic carbocycles. The maximum atomic E-state index is 11.1. The van der Waals surface area contributed by atoms with Crippen molar-refractivity contribution >= 4 is 23.2 Å². The van der Waals surface area contributed by atoms with E-state index in [2.05, 4.69) is 10.3 Å². The predicted molar refractivity (Wildman–Crippen MR) is 72.3 cm³/mol. The van der Waals surface area contributed by atoms with Gasteiger partial charge in [-0.2, -0.15) is 0 Å². The van der Waals surface area contributed by atoms with Crippen molar-refractivity contribution in [3.8, 4) is 0 Å². The summed E-state index contributed by atoms with van der Waals surface area (Å²) in [5.41, 5.74) is 0.820. The van der Waals surface area contributed by atoms with Crippen molar-refractivity contribution in [3.05, 3.63) is 57.8 Å². The second-order valence-electron chi connectivity index (χ2n) is 4.04. The van der Waals surface area contributed by atoms with Crippen LogP contribution in [0.2, 0.25) is 0 Å². The summed E-state index contributed by atoms with van der Waals surface area (Å²) in [4.78, 5) is 25.4. The molecule has 0 bridgehead atoms. The Labute approximate surface area is 114 Å². The van der Waals surface area contributed by atoms with Crippen molar-refractivity contribution in [2.45, 2.75) is 6.92 Å².